The first-order valence-electron chi connectivity index (χ1n) is 6.98. The molecule has 0 atom stereocenters. The minimum Gasteiger partial charge on any atom is -0.251 e. The molecule has 3 rings (SSSR count). The van der Waals surface area contributed by atoms with Gasteiger partial charge in [0.1, 0.15) is 5.69 Å². The summed E-state index contributed by atoms with van der Waals surface area (Å²) >= 11 is 3.40. The topological polar surface area (TPSA) is 38.7 Å². The molecule has 0 radical (unpaired) electrons. The molecule has 0 spiro atoms. The zero-order valence-corrected chi connectivity index (χ0v) is 14.1. The molecule has 0 aliphatic rings. The molecular weight excluding hydrogens is 383 g/mol. The number of hydrogen-bond donors (Lipinski definition) is 0. The largest absolute Gasteiger partial charge is 0.433 e. The van der Waals surface area contributed by atoms with Gasteiger partial charge in [0.25, 0.3) is 0 Å². The molecule has 3 nitrogen and oxygen atoms in total. The van der Waals surface area contributed by atoms with Crippen LogP contribution in [0.4, 0.5) is 13.2 Å². The van der Waals surface area contributed by atoms with Crippen molar-refractivity contribution in [1.29, 1.82) is 0 Å². The highest BCUT2D eigenvalue weighted by molar-refractivity contribution is 9.10. The maximum atomic E-state index is 12.6. The number of rotatable bonds is 2. The Hall–Kier alpha value is -2.28. The molecule has 3 aromatic rings. The zero-order chi connectivity index (χ0) is 17.3. The first kappa shape index (κ1) is 16.6. The summed E-state index contributed by atoms with van der Waals surface area (Å²) in [6, 6.07) is 11.5. The van der Waals surface area contributed by atoms with Crippen LogP contribution < -0.4 is 0 Å². The van der Waals surface area contributed by atoms with Gasteiger partial charge >= 0.3 is 6.18 Å². The van der Waals surface area contributed by atoms with Gasteiger partial charge in [-0.1, -0.05) is 28.1 Å². The molecule has 2 heterocycles. The highest BCUT2D eigenvalue weighted by Gasteiger charge is 2.32. The highest BCUT2D eigenvalue weighted by atomic mass is 79.9. The average molecular weight is 394 g/mol. The van der Waals surface area contributed by atoms with Crippen LogP contribution >= 0.6 is 15.9 Å². The summed E-state index contributed by atoms with van der Waals surface area (Å²) in [5.41, 5.74) is 1.64. The van der Waals surface area contributed by atoms with Crippen molar-refractivity contribution in [3.05, 3.63) is 64.5 Å². The number of benzene rings is 1. The second kappa shape index (κ2) is 6.32. The Kier molecular flexibility index (Phi) is 4.36. The van der Waals surface area contributed by atoms with E-state index in [-0.39, 0.29) is 0 Å². The van der Waals surface area contributed by atoms with E-state index in [1.54, 1.807) is 6.07 Å². The van der Waals surface area contributed by atoms with Crippen LogP contribution in [0.15, 0.2) is 53.1 Å². The van der Waals surface area contributed by atoms with Crippen LogP contribution in [-0.2, 0) is 6.18 Å². The molecule has 1 aromatic carbocycles. The lowest BCUT2D eigenvalue weighted by molar-refractivity contribution is -0.141. The summed E-state index contributed by atoms with van der Waals surface area (Å²) in [6.07, 6.45) is -3.28. The van der Waals surface area contributed by atoms with Crippen molar-refractivity contribution in [2.24, 2.45) is 0 Å². The van der Waals surface area contributed by atoms with Gasteiger partial charge in [0, 0.05) is 27.5 Å². The Labute approximate surface area is 144 Å². The number of alkyl halides is 3. The highest BCUT2D eigenvalue weighted by Crippen LogP contribution is 2.29. The lowest BCUT2D eigenvalue weighted by atomic mass is 10.1. The molecule has 0 amide bonds. The summed E-state index contributed by atoms with van der Waals surface area (Å²) in [7, 11) is 0. The first-order valence-corrected chi connectivity index (χ1v) is 7.77. The molecule has 0 fully saturated rings. The van der Waals surface area contributed by atoms with Crippen molar-refractivity contribution in [3.8, 4) is 22.6 Å². The van der Waals surface area contributed by atoms with Crippen LogP contribution in [0, 0.1) is 6.92 Å². The quantitative estimate of drug-likeness (QED) is 0.593. The zero-order valence-electron chi connectivity index (χ0n) is 12.5. The van der Waals surface area contributed by atoms with E-state index in [0.717, 1.165) is 21.8 Å². The van der Waals surface area contributed by atoms with Gasteiger partial charge in [0.05, 0.1) is 5.69 Å². The van der Waals surface area contributed by atoms with Crippen LogP contribution in [0.3, 0.4) is 0 Å². The number of aromatic nitrogens is 3. The fourth-order valence-corrected chi connectivity index (χ4v) is 2.59. The molecule has 2 aromatic heterocycles. The van der Waals surface area contributed by atoms with E-state index in [9.17, 15) is 13.2 Å². The Morgan fingerprint density at radius 1 is 0.958 bits per heavy atom. The normalized spacial score (nSPS) is 11.5. The molecule has 0 saturated carbocycles. The smallest absolute Gasteiger partial charge is 0.251 e. The molecule has 122 valence electrons. The van der Waals surface area contributed by atoms with Crippen LogP contribution in [0.5, 0.6) is 0 Å². The lowest BCUT2D eigenvalue weighted by Gasteiger charge is -2.08. The summed E-state index contributed by atoms with van der Waals surface area (Å²) in [5, 5.41) is 0. The van der Waals surface area contributed by atoms with Crippen molar-refractivity contribution in [1.82, 2.24) is 15.0 Å². The van der Waals surface area contributed by atoms with Crippen molar-refractivity contribution < 1.29 is 13.2 Å². The number of pyridine rings is 1. The maximum absolute atomic E-state index is 12.6. The third-order valence-electron chi connectivity index (χ3n) is 3.29. The van der Waals surface area contributed by atoms with Crippen molar-refractivity contribution >= 4 is 15.9 Å². The van der Waals surface area contributed by atoms with E-state index in [1.807, 2.05) is 31.2 Å². The van der Waals surface area contributed by atoms with Gasteiger partial charge in [-0.2, -0.15) is 13.2 Å². The van der Waals surface area contributed by atoms with E-state index >= 15 is 0 Å². The van der Waals surface area contributed by atoms with Gasteiger partial charge in [-0.3, -0.25) is 4.98 Å². The summed E-state index contributed by atoms with van der Waals surface area (Å²) in [4.78, 5) is 12.3. The van der Waals surface area contributed by atoms with E-state index in [0.29, 0.717) is 17.1 Å². The second-order valence-electron chi connectivity index (χ2n) is 5.16. The standard InChI is InChI=1S/C17H11BrF3N3/c1-10-7-14(12-5-6-15(22-9-12)17(19,20)21)24-16(23-10)11-3-2-4-13(18)8-11/h2-9H,1H3. The molecule has 7 heteroatoms. The summed E-state index contributed by atoms with van der Waals surface area (Å²) in [5.74, 6) is 0.506. The second-order valence-corrected chi connectivity index (χ2v) is 6.07. The maximum Gasteiger partial charge on any atom is 0.433 e. The molecule has 0 saturated heterocycles. The fraction of sp³-hybridized carbons (Fsp3) is 0.118. The van der Waals surface area contributed by atoms with Gasteiger partial charge in [0.15, 0.2) is 5.82 Å². The van der Waals surface area contributed by atoms with Crippen LogP contribution in [0.1, 0.15) is 11.4 Å². The molecule has 24 heavy (non-hydrogen) atoms. The van der Waals surface area contributed by atoms with Gasteiger partial charge in [0.2, 0.25) is 0 Å². The molecule has 0 bridgehead atoms. The molecule has 0 aliphatic heterocycles. The Morgan fingerprint density at radius 3 is 2.38 bits per heavy atom. The van der Waals surface area contributed by atoms with Crippen LogP contribution in [-0.4, -0.2) is 15.0 Å². The van der Waals surface area contributed by atoms with Gasteiger partial charge in [-0.25, -0.2) is 9.97 Å². The molecular formula is C17H11BrF3N3. The van der Waals surface area contributed by atoms with Crippen molar-refractivity contribution in [2.45, 2.75) is 13.1 Å². The predicted molar refractivity (Wildman–Crippen MR) is 88.1 cm³/mol. The van der Waals surface area contributed by atoms with Crippen molar-refractivity contribution in [3.63, 3.8) is 0 Å². The Balaban J connectivity index is 2.03. The fourth-order valence-electron chi connectivity index (χ4n) is 2.19. The van der Waals surface area contributed by atoms with Gasteiger partial charge < -0.3 is 0 Å². The Morgan fingerprint density at radius 2 is 1.75 bits per heavy atom. The van der Waals surface area contributed by atoms with Gasteiger partial charge in [-0.05, 0) is 37.3 Å². The Bertz CT molecular complexity index is 877. The number of halogens is 4. The number of hydrogen-bond acceptors (Lipinski definition) is 3. The lowest BCUT2D eigenvalue weighted by Crippen LogP contribution is -2.07. The molecule has 0 aliphatic carbocycles. The average Bonchev–Trinajstić information content (AvgIpc) is 2.53. The summed E-state index contributed by atoms with van der Waals surface area (Å²) in [6.45, 7) is 1.81. The monoisotopic (exact) mass is 393 g/mol. The third-order valence-corrected chi connectivity index (χ3v) is 3.78. The number of aryl methyl sites for hydroxylation is 1. The van der Waals surface area contributed by atoms with E-state index in [1.165, 1.54) is 12.3 Å². The van der Waals surface area contributed by atoms with Crippen molar-refractivity contribution in [2.75, 3.05) is 0 Å². The van der Waals surface area contributed by atoms with E-state index in [2.05, 4.69) is 30.9 Å². The molecule has 0 unspecified atom stereocenters. The predicted octanol–water partition coefficient (Wildman–Crippen LogP) is 5.30. The SMILES string of the molecule is Cc1cc(-c2ccc(C(F)(F)F)nc2)nc(-c2cccc(Br)c2)n1. The third kappa shape index (κ3) is 3.62. The molecule has 0 N–H and O–H groups in total. The summed E-state index contributed by atoms with van der Waals surface area (Å²) < 4.78 is 38.7. The first-order chi connectivity index (χ1) is 11.3. The minimum atomic E-state index is -4.46. The minimum absolute atomic E-state index is 0.504. The van der Waals surface area contributed by atoms with E-state index < -0.39 is 11.9 Å². The van der Waals surface area contributed by atoms with Gasteiger partial charge in [-0.15, -0.1) is 0 Å². The van der Waals surface area contributed by atoms with Crippen LogP contribution in [0.2, 0.25) is 0 Å². The van der Waals surface area contributed by atoms with Crippen LogP contribution in [0.25, 0.3) is 22.6 Å². The van der Waals surface area contributed by atoms with E-state index in [4.69, 9.17) is 0 Å². The number of nitrogens with zero attached hydrogens (tertiary/aromatic N) is 3.